The molecule has 2 N–H and O–H groups in total. The predicted molar refractivity (Wildman–Crippen MR) is 84.7 cm³/mol. The molecule has 0 bridgehead atoms. The van der Waals surface area contributed by atoms with E-state index in [1.807, 2.05) is 41.8 Å². The van der Waals surface area contributed by atoms with Crippen LogP contribution in [0.25, 0.3) is 10.4 Å². The molecule has 6 heteroatoms. The van der Waals surface area contributed by atoms with E-state index in [0.717, 1.165) is 18.4 Å². The summed E-state index contributed by atoms with van der Waals surface area (Å²) in [5.41, 5.74) is 1.81. The Labute approximate surface area is 128 Å². The molecule has 2 aromatic rings. The van der Waals surface area contributed by atoms with E-state index in [-0.39, 0.29) is 11.8 Å². The van der Waals surface area contributed by atoms with Gasteiger partial charge in [-0.05, 0) is 35.4 Å². The van der Waals surface area contributed by atoms with E-state index in [1.165, 1.54) is 4.88 Å². The minimum absolute atomic E-state index is 0.0250. The average molecular weight is 323 g/mol. The van der Waals surface area contributed by atoms with Gasteiger partial charge in [-0.15, -0.1) is 11.3 Å². The molecular formula is C15H17NO3S2. The second-order valence-electron chi connectivity index (χ2n) is 5.21. The molecule has 0 saturated heterocycles. The van der Waals surface area contributed by atoms with Crippen molar-refractivity contribution < 1.29 is 13.5 Å². The Morgan fingerprint density at radius 1 is 1.24 bits per heavy atom. The molecule has 0 aliphatic heterocycles. The number of benzene rings is 1. The first-order chi connectivity index (χ1) is 10.1. The quantitative estimate of drug-likeness (QED) is 0.858. The summed E-state index contributed by atoms with van der Waals surface area (Å²) in [7, 11) is -3.24. The van der Waals surface area contributed by atoms with Crippen LogP contribution in [0.4, 0.5) is 0 Å². The maximum absolute atomic E-state index is 11.7. The van der Waals surface area contributed by atoms with Crippen molar-refractivity contribution >= 4 is 21.4 Å². The summed E-state index contributed by atoms with van der Waals surface area (Å²) in [5.74, 6) is 0. The molecular weight excluding hydrogens is 306 g/mol. The monoisotopic (exact) mass is 323 g/mol. The van der Waals surface area contributed by atoms with E-state index in [2.05, 4.69) is 4.72 Å². The topological polar surface area (TPSA) is 66.4 Å². The van der Waals surface area contributed by atoms with Crippen molar-refractivity contribution in [2.75, 3.05) is 6.54 Å². The van der Waals surface area contributed by atoms with Gasteiger partial charge in [0.05, 0.1) is 11.4 Å². The van der Waals surface area contributed by atoms with E-state index >= 15 is 0 Å². The lowest BCUT2D eigenvalue weighted by atomic mass is 10.1. The predicted octanol–water partition coefficient (Wildman–Crippen LogP) is 2.53. The van der Waals surface area contributed by atoms with Gasteiger partial charge in [-0.1, -0.05) is 30.3 Å². The summed E-state index contributed by atoms with van der Waals surface area (Å²) in [6, 6.07) is 11.6. The van der Waals surface area contributed by atoms with Crippen LogP contribution >= 0.6 is 11.3 Å². The minimum Gasteiger partial charge on any atom is -0.387 e. The first-order valence-corrected chi connectivity index (χ1v) is 9.29. The summed E-state index contributed by atoms with van der Waals surface area (Å²) in [6.07, 6.45) is 0.623. The van der Waals surface area contributed by atoms with Gasteiger partial charge >= 0.3 is 0 Å². The molecule has 1 aromatic heterocycles. The summed E-state index contributed by atoms with van der Waals surface area (Å²) >= 11 is 1.66. The molecule has 0 radical (unpaired) electrons. The summed E-state index contributed by atoms with van der Waals surface area (Å²) in [4.78, 5) is 1.17. The first kappa shape index (κ1) is 14.7. The van der Waals surface area contributed by atoms with Crippen molar-refractivity contribution in [3.63, 3.8) is 0 Å². The standard InChI is InChI=1S/C15H17NO3S2/c17-14(10-16-21(18,19)13-7-8-13)11-3-5-12(6-4-11)15-2-1-9-20-15/h1-6,9,13-14,16-17H,7-8,10H2. The smallest absolute Gasteiger partial charge is 0.214 e. The fourth-order valence-corrected chi connectivity index (χ4v) is 4.24. The van der Waals surface area contributed by atoms with Crippen LogP contribution in [-0.2, 0) is 10.0 Å². The molecule has 1 fully saturated rings. The first-order valence-electron chi connectivity index (χ1n) is 6.86. The van der Waals surface area contributed by atoms with Crippen molar-refractivity contribution in [2.24, 2.45) is 0 Å². The Morgan fingerprint density at radius 3 is 2.52 bits per heavy atom. The fourth-order valence-electron chi connectivity index (χ4n) is 2.12. The maximum Gasteiger partial charge on any atom is 0.214 e. The summed E-state index contributed by atoms with van der Waals surface area (Å²) in [6.45, 7) is 0.0250. The summed E-state index contributed by atoms with van der Waals surface area (Å²) < 4.78 is 25.9. The maximum atomic E-state index is 11.7. The Balaban J connectivity index is 1.63. The molecule has 1 saturated carbocycles. The number of aliphatic hydroxyl groups is 1. The van der Waals surface area contributed by atoms with Gasteiger partial charge in [-0.2, -0.15) is 0 Å². The van der Waals surface area contributed by atoms with Crippen molar-refractivity contribution in [2.45, 2.75) is 24.2 Å². The van der Waals surface area contributed by atoms with Gasteiger partial charge in [0, 0.05) is 11.4 Å². The van der Waals surface area contributed by atoms with E-state index in [9.17, 15) is 13.5 Å². The van der Waals surface area contributed by atoms with Crippen molar-refractivity contribution in [1.29, 1.82) is 0 Å². The second kappa shape index (κ2) is 5.88. The van der Waals surface area contributed by atoms with E-state index in [1.54, 1.807) is 11.3 Å². The molecule has 1 heterocycles. The number of aliphatic hydroxyl groups excluding tert-OH is 1. The van der Waals surface area contributed by atoms with Gasteiger partial charge in [0.25, 0.3) is 0 Å². The lowest BCUT2D eigenvalue weighted by Crippen LogP contribution is -2.31. The second-order valence-corrected chi connectivity index (χ2v) is 8.20. The molecule has 1 aromatic carbocycles. The SMILES string of the molecule is O=S(=O)(NCC(O)c1ccc(-c2cccs2)cc1)C1CC1. The van der Waals surface area contributed by atoms with Crippen LogP contribution in [0.3, 0.4) is 0 Å². The number of nitrogens with one attached hydrogen (secondary N) is 1. The molecule has 1 atom stereocenters. The van der Waals surface area contributed by atoms with Crippen LogP contribution in [0.15, 0.2) is 41.8 Å². The highest BCUT2D eigenvalue weighted by Crippen LogP contribution is 2.28. The third-order valence-electron chi connectivity index (χ3n) is 3.54. The van der Waals surface area contributed by atoms with Crippen LogP contribution in [0.2, 0.25) is 0 Å². The molecule has 0 amide bonds. The van der Waals surface area contributed by atoms with Gasteiger partial charge < -0.3 is 5.11 Å². The highest BCUT2D eigenvalue weighted by molar-refractivity contribution is 7.90. The van der Waals surface area contributed by atoms with Crippen LogP contribution in [0, 0.1) is 0 Å². The zero-order valence-electron chi connectivity index (χ0n) is 11.4. The Bertz CT molecular complexity index is 689. The van der Waals surface area contributed by atoms with Crippen molar-refractivity contribution in [1.82, 2.24) is 4.72 Å². The third-order valence-corrected chi connectivity index (χ3v) is 6.38. The molecule has 1 unspecified atom stereocenters. The largest absolute Gasteiger partial charge is 0.387 e. The minimum atomic E-state index is -3.24. The number of hydrogen-bond acceptors (Lipinski definition) is 4. The Hall–Kier alpha value is -1.21. The van der Waals surface area contributed by atoms with Crippen LogP contribution in [-0.4, -0.2) is 25.3 Å². The van der Waals surface area contributed by atoms with Crippen LogP contribution < -0.4 is 4.72 Å². The number of thiophene rings is 1. The van der Waals surface area contributed by atoms with Crippen LogP contribution in [0.5, 0.6) is 0 Å². The Kier molecular flexibility index (Phi) is 4.12. The fraction of sp³-hybridized carbons (Fsp3) is 0.333. The zero-order valence-corrected chi connectivity index (χ0v) is 13.0. The molecule has 0 spiro atoms. The molecule has 3 rings (SSSR count). The lowest BCUT2D eigenvalue weighted by molar-refractivity contribution is 0.182. The van der Waals surface area contributed by atoms with Gasteiger partial charge in [-0.25, -0.2) is 13.1 Å². The average Bonchev–Trinajstić information content (AvgIpc) is 3.22. The van der Waals surface area contributed by atoms with Gasteiger partial charge in [0.2, 0.25) is 10.0 Å². The molecule has 1 aliphatic carbocycles. The number of hydrogen-bond donors (Lipinski definition) is 2. The molecule has 112 valence electrons. The van der Waals surface area contributed by atoms with Gasteiger partial charge in [0.15, 0.2) is 0 Å². The van der Waals surface area contributed by atoms with E-state index in [4.69, 9.17) is 0 Å². The lowest BCUT2D eigenvalue weighted by Gasteiger charge is -2.12. The van der Waals surface area contributed by atoms with Crippen LogP contribution in [0.1, 0.15) is 24.5 Å². The van der Waals surface area contributed by atoms with E-state index < -0.39 is 16.1 Å². The van der Waals surface area contributed by atoms with E-state index in [0.29, 0.717) is 5.56 Å². The van der Waals surface area contributed by atoms with Gasteiger partial charge in [-0.3, -0.25) is 0 Å². The van der Waals surface area contributed by atoms with Gasteiger partial charge in [0.1, 0.15) is 0 Å². The highest BCUT2D eigenvalue weighted by Gasteiger charge is 2.35. The number of rotatable bonds is 6. The summed E-state index contributed by atoms with van der Waals surface area (Å²) in [5, 5.41) is 11.8. The molecule has 1 aliphatic rings. The normalized spacial score (nSPS) is 16.8. The third kappa shape index (κ3) is 3.52. The molecule has 21 heavy (non-hydrogen) atoms. The number of sulfonamides is 1. The van der Waals surface area contributed by atoms with Crippen molar-refractivity contribution in [3.05, 3.63) is 47.3 Å². The zero-order chi connectivity index (χ0) is 14.9. The Morgan fingerprint density at radius 2 is 1.95 bits per heavy atom. The van der Waals surface area contributed by atoms with Crippen molar-refractivity contribution in [3.8, 4) is 10.4 Å². The highest BCUT2D eigenvalue weighted by atomic mass is 32.2. The molecule has 4 nitrogen and oxygen atoms in total.